The lowest BCUT2D eigenvalue weighted by atomic mass is 9.90. The fourth-order valence-electron chi connectivity index (χ4n) is 5.33. The van der Waals surface area contributed by atoms with Crippen molar-refractivity contribution in [2.75, 3.05) is 14.2 Å². The number of esters is 3. The zero-order chi connectivity index (χ0) is 28.7. The third-order valence-corrected chi connectivity index (χ3v) is 7.30. The van der Waals surface area contributed by atoms with Crippen LogP contribution in [0.15, 0.2) is 59.8 Å². The zero-order valence-corrected chi connectivity index (χ0v) is 24.0. The van der Waals surface area contributed by atoms with Crippen LogP contribution in [0.4, 0.5) is 0 Å². The van der Waals surface area contributed by atoms with Gasteiger partial charge in [0.1, 0.15) is 6.10 Å². The molecule has 0 aromatic rings. The first-order chi connectivity index (χ1) is 19.3. The predicted octanol–water partition coefficient (Wildman–Crippen LogP) is 5.63. The first-order valence-corrected chi connectivity index (χ1v) is 14.3. The molecule has 3 heterocycles. The van der Waals surface area contributed by atoms with Gasteiger partial charge >= 0.3 is 17.9 Å². The zero-order valence-electron chi connectivity index (χ0n) is 24.0. The third-order valence-electron chi connectivity index (χ3n) is 7.30. The summed E-state index contributed by atoms with van der Waals surface area (Å²) in [4.78, 5) is 36.3. The van der Waals surface area contributed by atoms with Gasteiger partial charge in [0.25, 0.3) is 0 Å². The summed E-state index contributed by atoms with van der Waals surface area (Å²) < 4.78 is 28.1. The smallest absolute Gasteiger partial charge is 0.330 e. The summed E-state index contributed by atoms with van der Waals surface area (Å²) in [6.45, 7) is 1.86. The molecule has 0 amide bonds. The standard InChI is InChI=1S/C32H44O8/c1-23(17-30(33)36-2)11-6-4-7-13-26-14-9-5-8-12-25-15-10-16-27(38-25)21-28-18-24(20-31(34)37-3)19-29(39-28)22-32(35)40-26/h4-7,9,11,13,20,25-29H,8,10,12,14-19,21-22H2,1-3H3/b6-4-,9-5-,13-7+,23-11+,24-20+/t25-,26+,27-,28+,29-/m0/s1. The number of hydrogen-bond acceptors (Lipinski definition) is 8. The molecule has 3 aliphatic heterocycles. The van der Waals surface area contributed by atoms with E-state index in [2.05, 4.69) is 16.9 Å². The molecule has 0 aliphatic carbocycles. The van der Waals surface area contributed by atoms with Gasteiger partial charge in [0.2, 0.25) is 0 Å². The number of hydrogen-bond donors (Lipinski definition) is 0. The molecular weight excluding hydrogens is 512 g/mol. The van der Waals surface area contributed by atoms with E-state index in [0.29, 0.717) is 19.3 Å². The van der Waals surface area contributed by atoms with Crippen molar-refractivity contribution in [1.82, 2.24) is 0 Å². The largest absolute Gasteiger partial charge is 0.469 e. The van der Waals surface area contributed by atoms with Crippen LogP contribution in [0.1, 0.15) is 77.6 Å². The maximum Gasteiger partial charge on any atom is 0.330 e. The number of rotatable bonds is 6. The van der Waals surface area contributed by atoms with E-state index in [9.17, 15) is 14.4 Å². The molecule has 0 aromatic heterocycles. The van der Waals surface area contributed by atoms with Gasteiger partial charge in [-0.05, 0) is 57.9 Å². The van der Waals surface area contributed by atoms with Crippen LogP contribution in [0.5, 0.6) is 0 Å². The van der Waals surface area contributed by atoms with Gasteiger partial charge in [-0.15, -0.1) is 0 Å². The van der Waals surface area contributed by atoms with E-state index in [4.69, 9.17) is 18.9 Å². The van der Waals surface area contributed by atoms with Gasteiger partial charge in [-0.25, -0.2) is 4.79 Å². The van der Waals surface area contributed by atoms with Crippen molar-refractivity contribution >= 4 is 17.9 Å². The molecule has 0 unspecified atom stereocenters. The topological polar surface area (TPSA) is 97.4 Å². The monoisotopic (exact) mass is 556 g/mol. The summed E-state index contributed by atoms with van der Waals surface area (Å²) >= 11 is 0. The van der Waals surface area contributed by atoms with Crippen LogP contribution >= 0.6 is 0 Å². The van der Waals surface area contributed by atoms with Crippen molar-refractivity contribution in [3.63, 3.8) is 0 Å². The number of carbonyl (C=O) groups excluding carboxylic acids is 3. The average molecular weight is 557 g/mol. The van der Waals surface area contributed by atoms with Gasteiger partial charge in [-0.3, -0.25) is 9.59 Å². The minimum atomic E-state index is -0.429. The van der Waals surface area contributed by atoms with Crippen LogP contribution in [0.25, 0.3) is 0 Å². The molecule has 2 fully saturated rings. The van der Waals surface area contributed by atoms with Crippen molar-refractivity contribution in [2.24, 2.45) is 0 Å². The summed E-state index contributed by atoms with van der Waals surface area (Å²) in [7, 11) is 2.73. The highest BCUT2D eigenvalue weighted by atomic mass is 16.6. The average Bonchev–Trinajstić information content (AvgIpc) is 2.91. The van der Waals surface area contributed by atoms with Crippen molar-refractivity contribution in [3.05, 3.63) is 59.8 Å². The third kappa shape index (κ3) is 11.6. The highest BCUT2D eigenvalue weighted by Crippen LogP contribution is 2.33. The number of carbonyl (C=O) groups is 3. The maximum absolute atomic E-state index is 13.0. The normalized spacial score (nSPS) is 30.7. The van der Waals surface area contributed by atoms with Crippen LogP contribution in [0.3, 0.4) is 0 Å². The quantitative estimate of drug-likeness (QED) is 0.137. The molecule has 0 radical (unpaired) electrons. The molecule has 3 aliphatic rings. The van der Waals surface area contributed by atoms with E-state index in [0.717, 1.165) is 49.7 Å². The Morgan fingerprint density at radius 1 is 0.925 bits per heavy atom. The van der Waals surface area contributed by atoms with Gasteiger partial charge in [-0.2, -0.15) is 0 Å². The Morgan fingerprint density at radius 2 is 1.70 bits per heavy atom. The van der Waals surface area contributed by atoms with Crippen LogP contribution in [-0.4, -0.2) is 62.6 Å². The second-order valence-corrected chi connectivity index (χ2v) is 10.7. The van der Waals surface area contributed by atoms with Crippen LogP contribution in [0.2, 0.25) is 0 Å². The lowest BCUT2D eigenvalue weighted by Gasteiger charge is -2.36. The van der Waals surface area contributed by atoms with Gasteiger partial charge in [-0.1, -0.05) is 47.6 Å². The Balaban J connectivity index is 1.71. The molecule has 8 nitrogen and oxygen atoms in total. The van der Waals surface area contributed by atoms with Gasteiger partial charge in [0.15, 0.2) is 0 Å². The Hall–Kier alpha value is -2.97. The summed E-state index contributed by atoms with van der Waals surface area (Å²) in [5.74, 6) is -1.02. The molecule has 0 aromatic carbocycles. The lowest BCUT2D eigenvalue weighted by Crippen LogP contribution is -2.37. The fraction of sp³-hybridized carbons (Fsp3) is 0.594. The predicted molar refractivity (Wildman–Crippen MR) is 151 cm³/mol. The van der Waals surface area contributed by atoms with E-state index in [1.807, 2.05) is 37.3 Å². The molecule has 4 bridgehead atoms. The van der Waals surface area contributed by atoms with Crippen LogP contribution < -0.4 is 0 Å². The number of cyclic esters (lactones) is 1. The Labute approximate surface area is 238 Å². The van der Waals surface area contributed by atoms with Crippen LogP contribution in [0, 0.1) is 0 Å². The molecule has 0 N–H and O–H groups in total. The van der Waals surface area contributed by atoms with Crippen molar-refractivity contribution in [3.8, 4) is 0 Å². The lowest BCUT2D eigenvalue weighted by molar-refractivity contribution is -0.153. The Kier molecular flexibility index (Phi) is 13.4. The van der Waals surface area contributed by atoms with Gasteiger partial charge in [0.05, 0.1) is 51.5 Å². The van der Waals surface area contributed by atoms with E-state index < -0.39 is 12.1 Å². The first-order valence-electron chi connectivity index (χ1n) is 14.3. The number of ether oxygens (including phenoxy) is 5. The highest BCUT2D eigenvalue weighted by Gasteiger charge is 2.32. The Morgan fingerprint density at radius 3 is 2.50 bits per heavy atom. The summed E-state index contributed by atoms with van der Waals surface area (Å²) in [6.07, 6.45) is 22.2. The van der Waals surface area contributed by atoms with Crippen molar-refractivity contribution in [2.45, 2.75) is 108 Å². The first kappa shape index (κ1) is 31.6. The maximum atomic E-state index is 13.0. The molecule has 0 spiro atoms. The SMILES string of the molecule is COC(=O)/C=C1/C[C@H]2CC(=O)O[C@H](/C=C/C=C\C=C(/C)CC(=O)OC)C/C=C\CC[C@H]3CCC[C@@H](C[C@@H](C1)O2)O3. The van der Waals surface area contributed by atoms with Crippen molar-refractivity contribution < 1.29 is 38.1 Å². The van der Waals surface area contributed by atoms with E-state index in [1.54, 1.807) is 0 Å². The molecule has 2 saturated heterocycles. The molecule has 220 valence electrons. The second-order valence-electron chi connectivity index (χ2n) is 10.7. The van der Waals surface area contributed by atoms with E-state index in [1.165, 1.54) is 20.3 Å². The molecular formula is C32H44O8. The van der Waals surface area contributed by atoms with Crippen molar-refractivity contribution in [1.29, 1.82) is 0 Å². The minimum Gasteiger partial charge on any atom is -0.469 e. The van der Waals surface area contributed by atoms with Gasteiger partial charge in [0, 0.05) is 18.9 Å². The molecule has 5 atom stereocenters. The highest BCUT2D eigenvalue weighted by molar-refractivity contribution is 5.82. The number of allylic oxidation sites excluding steroid dienone is 5. The molecule has 0 saturated carbocycles. The number of fused-ring (bicyclic) bond motifs is 4. The summed E-state index contributed by atoms with van der Waals surface area (Å²) in [5, 5.41) is 0. The van der Waals surface area contributed by atoms with Crippen LogP contribution in [-0.2, 0) is 38.1 Å². The molecule has 40 heavy (non-hydrogen) atoms. The number of methoxy groups -OCH3 is 2. The second kappa shape index (κ2) is 17.0. The molecule has 8 heteroatoms. The van der Waals surface area contributed by atoms with E-state index >= 15 is 0 Å². The minimum absolute atomic E-state index is 0.0997. The van der Waals surface area contributed by atoms with E-state index in [-0.39, 0.29) is 49.2 Å². The fourth-order valence-corrected chi connectivity index (χ4v) is 5.33. The summed E-state index contributed by atoms with van der Waals surface area (Å²) in [6, 6.07) is 0. The Bertz CT molecular complexity index is 1000. The summed E-state index contributed by atoms with van der Waals surface area (Å²) in [5.41, 5.74) is 1.81. The van der Waals surface area contributed by atoms with Gasteiger partial charge < -0.3 is 23.7 Å². The molecule has 3 rings (SSSR count).